The van der Waals surface area contributed by atoms with E-state index in [2.05, 4.69) is 10.3 Å². The maximum atomic E-state index is 11.9. The van der Waals surface area contributed by atoms with E-state index in [1.807, 2.05) is 0 Å². The number of fused-ring (bicyclic) bond motifs is 1. The Kier molecular flexibility index (Phi) is 3.52. The molecule has 1 aromatic carbocycles. The molecule has 1 saturated heterocycles. The van der Waals surface area contributed by atoms with Gasteiger partial charge in [-0.15, -0.1) is 0 Å². The summed E-state index contributed by atoms with van der Waals surface area (Å²) in [5.41, 5.74) is 5.57. The molecule has 1 saturated carbocycles. The zero-order chi connectivity index (χ0) is 17.6. The Hall–Kier alpha value is -2.83. The summed E-state index contributed by atoms with van der Waals surface area (Å²) in [6.45, 7) is 0.361. The normalized spacial score (nSPS) is 20.5. The number of carbonyl (C=O) groups is 2. The van der Waals surface area contributed by atoms with Crippen LogP contribution in [-0.2, 0) is 4.79 Å². The quantitative estimate of drug-likeness (QED) is 0.855. The molecule has 1 spiro atoms. The Bertz CT molecular complexity index is 876. The van der Waals surface area contributed by atoms with E-state index in [0.29, 0.717) is 23.8 Å². The summed E-state index contributed by atoms with van der Waals surface area (Å²) in [5.74, 6) is 0.406. The highest BCUT2D eigenvalue weighted by Crippen LogP contribution is 2.52. The van der Waals surface area contributed by atoms with Crippen LogP contribution in [0.1, 0.15) is 29.6 Å². The fourth-order valence-corrected chi connectivity index (χ4v) is 3.47. The van der Waals surface area contributed by atoms with Crippen molar-refractivity contribution in [3.63, 3.8) is 0 Å². The number of carbonyl (C=O) groups excluding carboxylic acids is 2. The molecule has 2 heterocycles. The summed E-state index contributed by atoms with van der Waals surface area (Å²) in [4.78, 5) is 27.8. The van der Waals surface area contributed by atoms with Gasteiger partial charge >= 0.3 is 0 Å². The molecule has 4 rings (SSSR count). The highest BCUT2D eigenvalue weighted by atomic mass is 16.5. The number of amides is 2. The molecular formula is C18H19N3O4. The molecule has 1 aliphatic heterocycles. The molecule has 1 aromatic heterocycles. The van der Waals surface area contributed by atoms with Gasteiger partial charge in [-0.25, -0.2) is 4.98 Å². The highest BCUT2D eigenvalue weighted by molar-refractivity contribution is 6.01. The van der Waals surface area contributed by atoms with E-state index in [1.165, 1.54) is 7.11 Å². The first-order chi connectivity index (χ1) is 12.0. The maximum Gasteiger partial charge on any atom is 0.252 e. The monoisotopic (exact) mass is 341 g/mol. The average Bonchev–Trinajstić information content (AvgIpc) is 3.31. The summed E-state index contributed by atoms with van der Waals surface area (Å²) < 4.78 is 11.1. The Labute approximate surface area is 144 Å². The lowest BCUT2D eigenvalue weighted by Crippen LogP contribution is -2.31. The van der Waals surface area contributed by atoms with Gasteiger partial charge in [0.05, 0.1) is 24.1 Å². The van der Waals surface area contributed by atoms with Crippen LogP contribution >= 0.6 is 0 Å². The number of rotatable bonds is 5. The number of pyridine rings is 1. The number of aromatic nitrogens is 1. The van der Waals surface area contributed by atoms with Crippen molar-refractivity contribution in [3.8, 4) is 11.6 Å². The number of nitrogens with two attached hydrogens (primary N) is 1. The van der Waals surface area contributed by atoms with Gasteiger partial charge < -0.3 is 20.5 Å². The molecule has 2 fully saturated rings. The van der Waals surface area contributed by atoms with Gasteiger partial charge in [-0.05, 0) is 42.8 Å². The van der Waals surface area contributed by atoms with Gasteiger partial charge in [0.1, 0.15) is 12.4 Å². The molecule has 3 N–H and O–H groups in total. The number of hydrogen-bond acceptors (Lipinski definition) is 5. The van der Waals surface area contributed by atoms with Crippen molar-refractivity contribution in [1.29, 1.82) is 0 Å². The largest absolute Gasteiger partial charge is 0.496 e. The number of benzene rings is 1. The van der Waals surface area contributed by atoms with Crippen molar-refractivity contribution in [3.05, 3.63) is 30.0 Å². The van der Waals surface area contributed by atoms with Crippen LogP contribution in [0.15, 0.2) is 24.4 Å². The van der Waals surface area contributed by atoms with Crippen LogP contribution < -0.4 is 20.5 Å². The number of hydrogen-bond donors (Lipinski definition) is 2. The van der Waals surface area contributed by atoms with Crippen LogP contribution in [0.25, 0.3) is 10.8 Å². The number of primary amides is 1. The van der Waals surface area contributed by atoms with E-state index in [1.54, 1.807) is 24.4 Å². The molecule has 2 aromatic rings. The van der Waals surface area contributed by atoms with Crippen LogP contribution in [0.2, 0.25) is 0 Å². The molecule has 25 heavy (non-hydrogen) atoms. The number of nitrogens with zero attached hydrogens (tertiary/aromatic N) is 1. The van der Waals surface area contributed by atoms with E-state index in [0.717, 1.165) is 30.0 Å². The fourth-order valence-electron chi connectivity index (χ4n) is 3.47. The van der Waals surface area contributed by atoms with Crippen molar-refractivity contribution in [2.45, 2.75) is 25.3 Å². The van der Waals surface area contributed by atoms with E-state index in [-0.39, 0.29) is 17.4 Å². The maximum absolute atomic E-state index is 11.9. The summed E-state index contributed by atoms with van der Waals surface area (Å²) in [5, 5.41) is 4.51. The van der Waals surface area contributed by atoms with Crippen LogP contribution in [-0.4, -0.2) is 36.6 Å². The number of nitrogens with one attached hydrogen (secondary N) is 1. The predicted octanol–water partition coefficient (Wildman–Crippen LogP) is 1.39. The Morgan fingerprint density at radius 3 is 2.88 bits per heavy atom. The third kappa shape index (κ3) is 2.65. The van der Waals surface area contributed by atoms with E-state index in [9.17, 15) is 9.59 Å². The van der Waals surface area contributed by atoms with E-state index >= 15 is 0 Å². The Morgan fingerprint density at radius 2 is 2.24 bits per heavy atom. The van der Waals surface area contributed by atoms with Gasteiger partial charge in [0.25, 0.3) is 5.91 Å². The van der Waals surface area contributed by atoms with Gasteiger partial charge in [0.15, 0.2) is 0 Å². The second-order valence-electron chi connectivity index (χ2n) is 6.72. The summed E-state index contributed by atoms with van der Waals surface area (Å²) in [6, 6.07) is 5.15. The van der Waals surface area contributed by atoms with Gasteiger partial charge in [-0.2, -0.15) is 0 Å². The molecule has 7 heteroatoms. The van der Waals surface area contributed by atoms with Gasteiger partial charge in [-0.3, -0.25) is 9.59 Å². The topological polar surface area (TPSA) is 104 Å². The molecule has 1 aliphatic carbocycles. The molecule has 130 valence electrons. The molecule has 1 atom stereocenters. The van der Waals surface area contributed by atoms with E-state index in [4.69, 9.17) is 15.2 Å². The van der Waals surface area contributed by atoms with Gasteiger partial charge in [0, 0.05) is 11.6 Å². The van der Waals surface area contributed by atoms with Gasteiger partial charge in [-0.1, -0.05) is 0 Å². The van der Waals surface area contributed by atoms with Crippen molar-refractivity contribution >= 4 is 22.6 Å². The first-order valence-corrected chi connectivity index (χ1v) is 8.23. The summed E-state index contributed by atoms with van der Waals surface area (Å²) >= 11 is 0. The summed E-state index contributed by atoms with van der Waals surface area (Å²) in [6.07, 6.45) is 4.36. The molecular weight excluding hydrogens is 322 g/mol. The molecule has 2 aliphatic rings. The highest BCUT2D eigenvalue weighted by Gasteiger charge is 2.55. The van der Waals surface area contributed by atoms with E-state index < -0.39 is 5.91 Å². The second kappa shape index (κ2) is 5.61. The van der Waals surface area contributed by atoms with Crippen molar-refractivity contribution < 1.29 is 19.1 Å². The smallest absolute Gasteiger partial charge is 0.252 e. The molecule has 2 amide bonds. The lowest BCUT2D eigenvalue weighted by Gasteiger charge is -2.14. The van der Waals surface area contributed by atoms with Crippen LogP contribution in [0.3, 0.4) is 0 Å². The second-order valence-corrected chi connectivity index (χ2v) is 6.72. The first-order valence-electron chi connectivity index (χ1n) is 8.23. The standard InChI is InChI=1S/C18H19N3O4/c1-24-14-7-12-10(6-13(14)15(19)22)2-5-20-16(12)25-9-11-8-18(3-4-18)17(23)21-11/h2,5-7,11H,3-4,8-9H2,1H3,(H2,19,22)(H,21,23)/t11-/m0/s1. The predicted molar refractivity (Wildman–Crippen MR) is 90.5 cm³/mol. The minimum Gasteiger partial charge on any atom is -0.496 e. The lowest BCUT2D eigenvalue weighted by atomic mass is 10.0. The minimum absolute atomic E-state index is 0.00107. The van der Waals surface area contributed by atoms with Crippen LogP contribution in [0.5, 0.6) is 11.6 Å². The van der Waals surface area contributed by atoms with Crippen LogP contribution in [0.4, 0.5) is 0 Å². The van der Waals surface area contributed by atoms with Crippen molar-refractivity contribution in [2.24, 2.45) is 11.1 Å². The Morgan fingerprint density at radius 1 is 1.44 bits per heavy atom. The zero-order valence-corrected chi connectivity index (χ0v) is 13.9. The zero-order valence-electron chi connectivity index (χ0n) is 13.9. The third-order valence-corrected chi connectivity index (χ3v) is 5.04. The summed E-state index contributed by atoms with van der Waals surface area (Å²) in [7, 11) is 1.48. The minimum atomic E-state index is -0.554. The lowest BCUT2D eigenvalue weighted by molar-refractivity contribution is -0.123. The fraction of sp³-hybridized carbons (Fsp3) is 0.389. The van der Waals surface area contributed by atoms with Crippen molar-refractivity contribution in [2.75, 3.05) is 13.7 Å². The van der Waals surface area contributed by atoms with Crippen molar-refractivity contribution in [1.82, 2.24) is 10.3 Å². The first kappa shape index (κ1) is 15.7. The molecule has 0 unspecified atom stereocenters. The van der Waals surface area contributed by atoms with Crippen LogP contribution in [0, 0.1) is 5.41 Å². The van der Waals surface area contributed by atoms with Gasteiger partial charge in [0.2, 0.25) is 11.8 Å². The molecule has 0 bridgehead atoms. The number of ether oxygens (including phenoxy) is 2. The molecule has 0 radical (unpaired) electrons. The third-order valence-electron chi connectivity index (χ3n) is 5.04. The number of methoxy groups -OCH3 is 1. The Balaban J connectivity index is 1.59. The average molecular weight is 341 g/mol. The molecule has 7 nitrogen and oxygen atoms in total. The SMILES string of the molecule is COc1cc2c(OC[C@@H]3CC4(CC4)C(=O)N3)nccc2cc1C(N)=O.